The van der Waals surface area contributed by atoms with E-state index < -0.39 is 6.03 Å². The van der Waals surface area contributed by atoms with Crippen molar-refractivity contribution in [3.8, 4) is 17.2 Å². The Morgan fingerprint density at radius 2 is 1.61 bits per heavy atom. The molecule has 0 saturated heterocycles. The van der Waals surface area contributed by atoms with Crippen molar-refractivity contribution in [1.82, 2.24) is 10.9 Å². The molecule has 1 aliphatic rings. The van der Waals surface area contributed by atoms with E-state index in [9.17, 15) is 9.59 Å². The fraction of sp³-hybridized carbons (Fsp3) is 0.217. The summed E-state index contributed by atoms with van der Waals surface area (Å²) in [6.45, 7) is 2.55. The zero-order chi connectivity index (χ0) is 21.6. The maximum Gasteiger partial charge on any atom is 0.337 e. The summed E-state index contributed by atoms with van der Waals surface area (Å²) >= 11 is 1.49. The number of thiophene rings is 1. The van der Waals surface area contributed by atoms with Gasteiger partial charge < -0.3 is 14.8 Å². The number of carbonyl (C=O) groups excluding carboxylic acids is 2. The Morgan fingerprint density at radius 1 is 0.935 bits per heavy atom. The Labute approximate surface area is 184 Å². The van der Waals surface area contributed by atoms with E-state index >= 15 is 0 Å². The zero-order valence-electron chi connectivity index (χ0n) is 17.1. The number of hydrogen-bond donors (Lipinski definition) is 3. The molecule has 1 heterocycles. The Balaban J connectivity index is 1.25. The molecule has 31 heavy (non-hydrogen) atoms. The number of hydrazine groups is 1. The summed E-state index contributed by atoms with van der Waals surface area (Å²) in [5, 5.41) is 2.67. The number of benzene rings is 2. The van der Waals surface area contributed by atoms with Gasteiger partial charge in [0.25, 0.3) is 5.91 Å². The standard InChI is InChI=1S/C23H23N3O4S/c1-2-29-17-10-12-19(13-11-17)30-18-8-6-16(7-9-18)24-23(28)26-25-22(27)21-14-15-4-3-5-20(15)31-21/h6-14H,2-5H2,1H3,(H,25,27)(H2,24,26,28). The molecule has 0 atom stereocenters. The lowest BCUT2D eigenvalue weighted by molar-refractivity contribution is 0.0942. The van der Waals surface area contributed by atoms with Crippen LogP contribution in [-0.2, 0) is 12.8 Å². The topological polar surface area (TPSA) is 88.7 Å². The Hall–Kier alpha value is -3.52. The van der Waals surface area contributed by atoms with Gasteiger partial charge in [0.15, 0.2) is 0 Å². The normalized spacial score (nSPS) is 12.0. The average molecular weight is 438 g/mol. The van der Waals surface area contributed by atoms with Crippen LogP contribution in [-0.4, -0.2) is 18.5 Å². The van der Waals surface area contributed by atoms with Crippen molar-refractivity contribution in [3.05, 3.63) is 69.9 Å². The fourth-order valence-corrected chi connectivity index (χ4v) is 4.44. The van der Waals surface area contributed by atoms with Gasteiger partial charge in [-0.2, -0.15) is 0 Å². The molecule has 0 fully saturated rings. The number of rotatable bonds is 6. The Morgan fingerprint density at radius 3 is 2.29 bits per heavy atom. The van der Waals surface area contributed by atoms with Crippen molar-refractivity contribution in [3.63, 3.8) is 0 Å². The predicted octanol–water partition coefficient (Wildman–Crippen LogP) is 4.89. The molecular weight excluding hydrogens is 414 g/mol. The summed E-state index contributed by atoms with van der Waals surface area (Å²) in [5.41, 5.74) is 6.63. The number of ether oxygens (including phenoxy) is 2. The molecule has 7 nitrogen and oxygen atoms in total. The molecule has 1 aliphatic carbocycles. The van der Waals surface area contributed by atoms with Crippen LogP contribution in [0, 0.1) is 0 Å². The molecule has 0 bridgehead atoms. The highest BCUT2D eigenvalue weighted by atomic mass is 32.1. The average Bonchev–Trinajstić information content (AvgIpc) is 3.38. The summed E-state index contributed by atoms with van der Waals surface area (Å²) in [6.07, 6.45) is 3.19. The molecule has 0 saturated carbocycles. The lowest BCUT2D eigenvalue weighted by Crippen LogP contribution is -2.43. The molecule has 4 rings (SSSR count). The van der Waals surface area contributed by atoms with Crippen LogP contribution in [0.3, 0.4) is 0 Å². The molecular formula is C23H23N3O4S. The minimum atomic E-state index is -0.530. The number of aryl methyl sites for hydroxylation is 2. The maximum atomic E-state index is 12.2. The first-order chi connectivity index (χ1) is 15.1. The van der Waals surface area contributed by atoms with Crippen molar-refractivity contribution in [1.29, 1.82) is 0 Å². The third-order valence-electron chi connectivity index (χ3n) is 4.74. The summed E-state index contributed by atoms with van der Waals surface area (Å²) in [5.74, 6) is 1.79. The first-order valence-electron chi connectivity index (χ1n) is 10.1. The fourth-order valence-electron chi connectivity index (χ4n) is 3.29. The van der Waals surface area contributed by atoms with E-state index in [0.717, 1.165) is 25.0 Å². The largest absolute Gasteiger partial charge is 0.494 e. The molecule has 0 unspecified atom stereocenters. The van der Waals surface area contributed by atoms with Crippen LogP contribution in [0.15, 0.2) is 54.6 Å². The van der Waals surface area contributed by atoms with Gasteiger partial charge in [0.05, 0.1) is 11.5 Å². The lowest BCUT2D eigenvalue weighted by atomic mass is 10.2. The van der Waals surface area contributed by atoms with Crippen LogP contribution in [0.2, 0.25) is 0 Å². The van der Waals surface area contributed by atoms with E-state index in [0.29, 0.717) is 28.7 Å². The third kappa shape index (κ3) is 5.35. The number of fused-ring (bicyclic) bond motifs is 1. The first-order valence-corrected chi connectivity index (χ1v) is 10.9. The second-order valence-corrected chi connectivity index (χ2v) is 8.11. The van der Waals surface area contributed by atoms with E-state index in [1.54, 1.807) is 24.3 Å². The highest BCUT2D eigenvalue weighted by Crippen LogP contribution is 2.30. The van der Waals surface area contributed by atoms with Gasteiger partial charge in [-0.1, -0.05) is 0 Å². The van der Waals surface area contributed by atoms with Crippen molar-refractivity contribution in [2.24, 2.45) is 0 Å². The third-order valence-corrected chi connectivity index (χ3v) is 5.98. The van der Waals surface area contributed by atoms with Crippen LogP contribution in [0.25, 0.3) is 0 Å². The van der Waals surface area contributed by atoms with Crippen LogP contribution in [0.4, 0.5) is 10.5 Å². The molecule has 8 heteroatoms. The van der Waals surface area contributed by atoms with Gasteiger partial charge in [-0.25, -0.2) is 10.2 Å². The Kier molecular flexibility index (Phi) is 6.37. The summed E-state index contributed by atoms with van der Waals surface area (Å²) in [7, 11) is 0. The lowest BCUT2D eigenvalue weighted by Gasteiger charge is -2.10. The van der Waals surface area contributed by atoms with E-state index in [1.165, 1.54) is 21.8 Å². The highest BCUT2D eigenvalue weighted by Gasteiger charge is 2.18. The number of carbonyl (C=O) groups is 2. The number of anilines is 1. The number of nitrogens with one attached hydrogen (secondary N) is 3. The molecule has 3 aromatic rings. The highest BCUT2D eigenvalue weighted by molar-refractivity contribution is 7.14. The van der Waals surface area contributed by atoms with E-state index in [1.807, 2.05) is 37.3 Å². The molecule has 3 amide bonds. The summed E-state index contributed by atoms with van der Waals surface area (Å²) < 4.78 is 11.2. The van der Waals surface area contributed by atoms with Crippen molar-refractivity contribution in [2.75, 3.05) is 11.9 Å². The molecule has 0 aliphatic heterocycles. The van der Waals surface area contributed by atoms with Crippen LogP contribution in [0.5, 0.6) is 17.2 Å². The smallest absolute Gasteiger partial charge is 0.337 e. The predicted molar refractivity (Wildman–Crippen MR) is 120 cm³/mol. The van der Waals surface area contributed by atoms with Gasteiger partial charge in [-0.3, -0.25) is 10.2 Å². The van der Waals surface area contributed by atoms with Gasteiger partial charge in [0, 0.05) is 10.6 Å². The summed E-state index contributed by atoms with van der Waals surface area (Å²) in [6, 6.07) is 15.7. The van der Waals surface area contributed by atoms with E-state index in [4.69, 9.17) is 9.47 Å². The Bertz CT molecular complexity index is 1040. The van der Waals surface area contributed by atoms with E-state index in [2.05, 4.69) is 16.2 Å². The molecule has 1 aromatic heterocycles. The van der Waals surface area contributed by atoms with Crippen molar-refractivity contribution >= 4 is 29.0 Å². The van der Waals surface area contributed by atoms with Crippen molar-refractivity contribution < 1.29 is 19.1 Å². The van der Waals surface area contributed by atoms with Gasteiger partial charge in [-0.05, 0) is 86.3 Å². The van der Waals surface area contributed by atoms with Gasteiger partial charge in [0.2, 0.25) is 0 Å². The number of amides is 3. The number of hydrogen-bond acceptors (Lipinski definition) is 5. The second kappa shape index (κ2) is 9.53. The molecule has 2 aromatic carbocycles. The quantitative estimate of drug-likeness (QED) is 0.479. The van der Waals surface area contributed by atoms with Crippen LogP contribution >= 0.6 is 11.3 Å². The summed E-state index contributed by atoms with van der Waals surface area (Å²) in [4.78, 5) is 26.2. The van der Waals surface area contributed by atoms with Crippen molar-refractivity contribution in [2.45, 2.75) is 26.2 Å². The molecule has 0 spiro atoms. The SMILES string of the molecule is CCOc1ccc(Oc2ccc(NC(=O)NNC(=O)c3cc4c(s3)CCC4)cc2)cc1. The monoisotopic (exact) mass is 437 g/mol. The van der Waals surface area contributed by atoms with Gasteiger partial charge in [0.1, 0.15) is 17.2 Å². The van der Waals surface area contributed by atoms with Crippen LogP contribution in [0.1, 0.15) is 33.5 Å². The first kappa shape index (κ1) is 20.7. The minimum Gasteiger partial charge on any atom is -0.494 e. The molecule has 0 radical (unpaired) electrons. The maximum absolute atomic E-state index is 12.2. The van der Waals surface area contributed by atoms with Gasteiger partial charge in [-0.15, -0.1) is 11.3 Å². The second-order valence-electron chi connectivity index (χ2n) is 6.98. The van der Waals surface area contributed by atoms with Crippen LogP contribution < -0.4 is 25.6 Å². The van der Waals surface area contributed by atoms with Gasteiger partial charge >= 0.3 is 6.03 Å². The van der Waals surface area contributed by atoms with E-state index in [-0.39, 0.29) is 5.91 Å². The zero-order valence-corrected chi connectivity index (χ0v) is 17.9. The molecule has 160 valence electrons. The minimum absolute atomic E-state index is 0.311. The number of urea groups is 1. The molecule has 3 N–H and O–H groups in total.